The molecule has 0 spiro atoms. The molecule has 2 N–H and O–H groups in total. The quantitative estimate of drug-likeness (QED) is 0.654. The van der Waals surface area contributed by atoms with E-state index in [0.717, 1.165) is 37.4 Å². The molecular formula is C21H25N3O4S2. The molecule has 0 atom stereocenters. The van der Waals surface area contributed by atoms with Crippen molar-refractivity contribution in [1.82, 2.24) is 9.62 Å². The van der Waals surface area contributed by atoms with Gasteiger partial charge < -0.3 is 10.2 Å². The van der Waals surface area contributed by atoms with E-state index in [1.54, 1.807) is 50.5 Å². The highest BCUT2D eigenvalue weighted by Gasteiger charge is 2.23. The van der Waals surface area contributed by atoms with Crippen LogP contribution in [-0.4, -0.2) is 44.6 Å². The molecule has 1 saturated carbocycles. The fraction of sp³-hybridized carbons (Fsp3) is 0.333. The molecule has 2 aromatic carbocycles. The number of carbonyl (C=O) groups excluding carboxylic acids is 2. The maximum atomic E-state index is 12.8. The summed E-state index contributed by atoms with van der Waals surface area (Å²) in [5.74, 6) is -0.446. The Labute approximate surface area is 181 Å². The molecule has 0 aliphatic heterocycles. The molecule has 3 rings (SSSR count). The summed E-state index contributed by atoms with van der Waals surface area (Å²) < 4.78 is 28.1. The first-order valence-electron chi connectivity index (χ1n) is 9.68. The summed E-state index contributed by atoms with van der Waals surface area (Å²) in [4.78, 5) is 26.9. The summed E-state index contributed by atoms with van der Waals surface area (Å²) in [7, 11) is -0.381. The second kappa shape index (κ2) is 9.63. The normalized spacial score (nSPS) is 14.5. The van der Waals surface area contributed by atoms with Gasteiger partial charge in [0.1, 0.15) is 0 Å². The Morgan fingerprint density at radius 3 is 2.43 bits per heavy atom. The number of anilines is 1. The van der Waals surface area contributed by atoms with Crippen molar-refractivity contribution in [3.63, 3.8) is 0 Å². The Hall–Kier alpha value is -2.36. The maximum absolute atomic E-state index is 12.8. The number of nitrogens with zero attached hydrogens (tertiary/aromatic N) is 1. The average Bonchev–Trinajstić information content (AvgIpc) is 3.21. The standard InChI is InChI=1S/C21H25N3O4S2/c1-24(2)21(26)29-19-13-6-5-12-18(19)22-20(25)15-8-7-11-17(14-15)30(27,28)23-16-9-3-4-10-16/h5-8,11-14,16,23H,3-4,9-10H2,1-2H3,(H,22,25). The van der Waals surface area contributed by atoms with Crippen LogP contribution in [-0.2, 0) is 10.0 Å². The van der Waals surface area contributed by atoms with Gasteiger partial charge >= 0.3 is 0 Å². The number of carbonyl (C=O) groups is 2. The van der Waals surface area contributed by atoms with Crippen LogP contribution >= 0.6 is 11.8 Å². The molecule has 2 amide bonds. The van der Waals surface area contributed by atoms with Crippen LogP contribution in [0, 0.1) is 0 Å². The number of amides is 2. The van der Waals surface area contributed by atoms with E-state index in [4.69, 9.17) is 0 Å². The Bertz CT molecular complexity index is 1030. The van der Waals surface area contributed by atoms with E-state index in [2.05, 4.69) is 10.0 Å². The Kier molecular flexibility index (Phi) is 7.17. The van der Waals surface area contributed by atoms with Crippen molar-refractivity contribution in [2.75, 3.05) is 19.4 Å². The van der Waals surface area contributed by atoms with Crippen LogP contribution in [0.25, 0.3) is 0 Å². The lowest BCUT2D eigenvalue weighted by Crippen LogP contribution is -2.32. The van der Waals surface area contributed by atoms with Gasteiger partial charge in [-0.1, -0.05) is 31.0 Å². The lowest BCUT2D eigenvalue weighted by atomic mass is 10.2. The molecule has 0 aromatic heterocycles. The highest BCUT2D eigenvalue weighted by atomic mass is 32.2. The number of rotatable bonds is 6. The average molecular weight is 448 g/mol. The van der Waals surface area contributed by atoms with Gasteiger partial charge in [0.2, 0.25) is 10.0 Å². The van der Waals surface area contributed by atoms with Gasteiger partial charge in [-0.15, -0.1) is 0 Å². The summed E-state index contributed by atoms with van der Waals surface area (Å²) in [5.41, 5.74) is 0.711. The minimum atomic E-state index is -3.69. The van der Waals surface area contributed by atoms with Crippen LogP contribution in [0.5, 0.6) is 0 Å². The minimum Gasteiger partial charge on any atom is -0.339 e. The fourth-order valence-corrected chi connectivity index (χ4v) is 5.27. The number of thioether (sulfide) groups is 1. The number of hydrogen-bond acceptors (Lipinski definition) is 5. The Morgan fingerprint density at radius 2 is 1.73 bits per heavy atom. The second-order valence-electron chi connectivity index (χ2n) is 7.34. The van der Waals surface area contributed by atoms with Crippen molar-refractivity contribution >= 4 is 38.6 Å². The fourth-order valence-electron chi connectivity index (χ4n) is 3.17. The molecule has 1 fully saturated rings. The second-order valence-corrected chi connectivity index (χ2v) is 10.1. The van der Waals surface area contributed by atoms with Gasteiger partial charge in [0.15, 0.2) is 0 Å². The van der Waals surface area contributed by atoms with E-state index in [1.165, 1.54) is 17.0 Å². The third-order valence-corrected chi connectivity index (χ3v) is 7.42. The van der Waals surface area contributed by atoms with Crippen molar-refractivity contribution in [3.8, 4) is 0 Å². The van der Waals surface area contributed by atoms with Crippen LogP contribution in [0.4, 0.5) is 10.5 Å². The van der Waals surface area contributed by atoms with E-state index >= 15 is 0 Å². The van der Waals surface area contributed by atoms with Crippen molar-refractivity contribution in [3.05, 3.63) is 54.1 Å². The third-order valence-electron chi connectivity index (χ3n) is 4.78. The number of benzene rings is 2. The zero-order valence-corrected chi connectivity index (χ0v) is 18.6. The first-order valence-corrected chi connectivity index (χ1v) is 12.0. The summed E-state index contributed by atoms with van der Waals surface area (Å²) in [6, 6.07) is 12.9. The van der Waals surface area contributed by atoms with Gasteiger partial charge in [0.05, 0.1) is 10.6 Å². The molecule has 0 saturated heterocycles. The van der Waals surface area contributed by atoms with Crippen molar-refractivity contribution in [2.45, 2.75) is 41.5 Å². The zero-order valence-electron chi connectivity index (χ0n) is 16.9. The van der Waals surface area contributed by atoms with Gasteiger partial charge in [-0.3, -0.25) is 9.59 Å². The predicted molar refractivity (Wildman–Crippen MR) is 118 cm³/mol. The smallest absolute Gasteiger partial charge is 0.286 e. The maximum Gasteiger partial charge on any atom is 0.286 e. The Balaban J connectivity index is 1.77. The predicted octanol–water partition coefficient (Wildman–Crippen LogP) is 3.93. The Morgan fingerprint density at radius 1 is 1.03 bits per heavy atom. The van der Waals surface area contributed by atoms with Crippen LogP contribution in [0.15, 0.2) is 58.3 Å². The monoisotopic (exact) mass is 447 g/mol. The summed E-state index contributed by atoms with van der Waals surface area (Å²) in [5, 5.41) is 2.61. The van der Waals surface area contributed by atoms with Gasteiger partial charge in [0, 0.05) is 30.6 Å². The SMILES string of the molecule is CN(C)C(=O)Sc1ccccc1NC(=O)c1cccc(S(=O)(=O)NC2CCCC2)c1. The first-order chi connectivity index (χ1) is 14.3. The topological polar surface area (TPSA) is 95.6 Å². The van der Waals surface area contributed by atoms with E-state index in [-0.39, 0.29) is 21.7 Å². The molecule has 1 aliphatic carbocycles. The largest absolute Gasteiger partial charge is 0.339 e. The molecule has 7 nitrogen and oxygen atoms in total. The van der Waals surface area contributed by atoms with E-state index in [9.17, 15) is 18.0 Å². The lowest BCUT2D eigenvalue weighted by Gasteiger charge is -2.14. The van der Waals surface area contributed by atoms with Gasteiger partial charge in [-0.2, -0.15) is 0 Å². The molecule has 30 heavy (non-hydrogen) atoms. The highest BCUT2D eigenvalue weighted by Crippen LogP contribution is 2.29. The summed E-state index contributed by atoms with van der Waals surface area (Å²) in [6.07, 6.45) is 3.70. The van der Waals surface area contributed by atoms with E-state index in [0.29, 0.717) is 10.6 Å². The molecule has 9 heteroatoms. The van der Waals surface area contributed by atoms with Gasteiger partial charge in [0.25, 0.3) is 11.1 Å². The molecule has 1 aliphatic rings. The van der Waals surface area contributed by atoms with Crippen LogP contribution in [0.2, 0.25) is 0 Å². The molecule has 0 radical (unpaired) electrons. The van der Waals surface area contributed by atoms with Gasteiger partial charge in [-0.25, -0.2) is 13.1 Å². The number of nitrogens with one attached hydrogen (secondary N) is 2. The van der Waals surface area contributed by atoms with Crippen molar-refractivity contribution in [2.24, 2.45) is 0 Å². The molecule has 160 valence electrons. The van der Waals surface area contributed by atoms with Crippen molar-refractivity contribution in [1.29, 1.82) is 0 Å². The van der Waals surface area contributed by atoms with Crippen LogP contribution < -0.4 is 10.0 Å². The van der Waals surface area contributed by atoms with E-state index < -0.39 is 15.9 Å². The van der Waals surface area contributed by atoms with Crippen LogP contribution in [0.1, 0.15) is 36.0 Å². The number of hydrogen-bond donors (Lipinski definition) is 2. The van der Waals surface area contributed by atoms with Gasteiger partial charge in [-0.05, 0) is 54.9 Å². The third kappa shape index (κ3) is 5.62. The molecule has 0 unspecified atom stereocenters. The minimum absolute atomic E-state index is 0.0504. The first kappa shape index (κ1) is 22.3. The summed E-state index contributed by atoms with van der Waals surface area (Å²) >= 11 is 1.01. The molecule has 2 aromatic rings. The van der Waals surface area contributed by atoms with Crippen molar-refractivity contribution < 1.29 is 18.0 Å². The highest BCUT2D eigenvalue weighted by molar-refractivity contribution is 8.13. The number of para-hydroxylation sites is 1. The summed E-state index contributed by atoms with van der Waals surface area (Å²) in [6.45, 7) is 0. The molecule has 0 bridgehead atoms. The number of sulfonamides is 1. The molecular weight excluding hydrogens is 422 g/mol. The lowest BCUT2D eigenvalue weighted by molar-refractivity contribution is 0.102. The zero-order chi connectivity index (χ0) is 21.7. The van der Waals surface area contributed by atoms with E-state index in [1.807, 2.05) is 0 Å². The molecule has 0 heterocycles. The van der Waals surface area contributed by atoms with Crippen LogP contribution in [0.3, 0.4) is 0 Å².